The number of rotatable bonds is 6. The van der Waals surface area contributed by atoms with Crippen molar-refractivity contribution in [1.29, 1.82) is 0 Å². The molecular formula is C20H21F2NO4. The summed E-state index contributed by atoms with van der Waals surface area (Å²) in [5.41, 5.74) is 1.26. The zero-order valence-corrected chi connectivity index (χ0v) is 15.2. The number of carbonyl (C=O) groups excluding carboxylic acids is 1. The summed E-state index contributed by atoms with van der Waals surface area (Å²) in [7, 11) is 3.13. The van der Waals surface area contributed by atoms with Crippen molar-refractivity contribution in [3.8, 4) is 17.2 Å². The molecule has 0 N–H and O–H groups in total. The highest BCUT2D eigenvalue weighted by Gasteiger charge is 2.31. The Morgan fingerprint density at radius 1 is 1.11 bits per heavy atom. The van der Waals surface area contributed by atoms with Crippen LogP contribution in [0.15, 0.2) is 42.5 Å². The van der Waals surface area contributed by atoms with Crippen LogP contribution < -0.4 is 14.2 Å². The Morgan fingerprint density at radius 2 is 1.89 bits per heavy atom. The molecule has 1 unspecified atom stereocenters. The largest absolute Gasteiger partial charge is 0.493 e. The number of carbonyl (C=O) groups is 1. The lowest BCUT2D eigenvalue weighted by Gasteiger charge is -2.26. The van der Waals surface area contributed by atoms with Crippen LogP contribution in [0.25, 0.3) is 0 Å². The molecule has 2 aromatic carbocycles. The van der Waals surface area contributed by atoms with Gasteiger partial charge in [0.25, 0.3) is 5.91 Å². The highest BCUT2D eigenvalue weighted by Crippen LogP contribution is 2.37. The van der Waals surface area contributed by atoms with E-state index in [1.807, 2.05) is 18.2 Å². The molecule has 27 heavy (non-hydrogen) atoms. The zero-order valence-electron chi connectivity index (χ0n) is 15.2. The number of halogens is 2. The Labute approximate surface area is 156 Å². The number of alkyl halides is 2. The first kappa shape index (κ1) is 18.9. The minimum absolute atomic E-state index is 0.0299. The van der Waals surface area contributed by atoms with E-state index in [1.54, 1.807) is 25.2 Å². The zero-order chi connectivity index (χ0) is 19.4. The molecule has 0 aromatic heterocycles. The highest BCUT2D eigenvalue weighted by molar-refractivity contribution is 5.95. The second-order valence-electron chi connectivity index (χ2n) is 6.18. The van der Waals surface area contributed by atoms with Gasteiger partial charge in [-0.15, -0.1) is 0 Å². The van der Waals surface area contributed by atoms with Gasteiger partial charge in [-0.25, -0.2) is 0 Å². The van der Waals surface area contributed by atoms with Gasteiger partial charge < -0.3 is 19.1 Å². The number of nitrogens with zero attached hydrogens (tertiary/aromatic N) is 1. The molecule has 0 saturated carbocycles. The third-order valence-electron chi connectivity index (χ3n) is 4.61. The first-order chi connectivity index (χ1) is 13.0. The van der Waals surface area contributed by atoms with E-state index in [0.29, 0.717) is 23.6 Å². The standard InChI is InChI=1S/C20H21F2NO4/c1-25-17-9-8-13(12-18(17)26-2)16-7-4-10-23(16)19(24)14-5-3-6-15(11-14)27-20(21)22/h3,5-6,8-9,11-12,16,20H,4,7,10H2,1-2H3. The van der Waals surface area contributed by atoms with Crippen LogP contribution >= 0.6 is 0 Å². The number of amides is 1. The summed E-state index contributed by atoms with van der Waals surface area (Å²) in [4.78, 5) is 14.7. The van der Waals surface area contributed by atoms with Crippen LogP contribution in [-0.4, -0.2) is 38.2 Å². The van der Waals surface area contributed by atoms with Gasteiger partial charge in [0.2, 0.25) is 0 Å². The maximum Gasteiger partial charge on any atom is 0.387 e. The Kier molecular flexibility index (Phi) is 5.78. The SMILES string of the molecule is COc1ccc(C2CCCN2C(=O)c2cccc(OC(F)F)c2)cc1OC. The maximum absolute atomic E-state index is 13.0. The fraction of sp³-hybridized carbons (Fsp3) is 0.350. The van der Waals surface area contributed by atoms with Crippen LogP contribution in [0.2, 0.25) is 0 Å². The summed E-state index contributed by atoms with van der Waals surface area (Å²) in [6.07, 6.45) is 1.67. The van der Waals surface area contributed by atoms with Crippen molar-refractivity contribution >= 4 is 5.91 Å². The van der Waals surface area contributed by atoms with Gasteiger partial charge in [-0.1, -0.05) is 12.1 Å². The van der Waals surface area contributed by atoms with Gasteiger partial charge in [-0.3, -0.25) is 4.79 Å². The summed E-state index contributed by atoms with van der Waals surface area (Å²) < 4.78 is 39.9. The number of hydrogen-bond donors (Lipinski definition) is 0. The maximum atomic E-state index is 13.0. The predicted octanol–water partition coefficient (Wildman–Crippen LogP) is 4.28. The van der Waals surface area contributed by atoms with Crippen molar-refractivity contribution in [2.75, 3.05) is 20.8 Å². The number of ether oxygens (including phenoxy) is 3. The highest BCUT2D eigenvalue weighted by atomic mass is 19.3. The van der Waals surface area contributed by atoms with Crippen LogP contribution in [0.1, 0.15) is 34.8 Å². The molecule has 1 heterocycles. The molecule has 1 amide bonds. The molecule has 1 saturated heterocycles. The number of benzene rings is 2. The molecule has 1 aliphatic heterocycles. The van der Waals surface area contributed by atoms with E-state index in [-0.39, 0.29) is 17.7 Å². The summed E-state index contributed by atoms with van der Waals surface area (Å²) in [5, 5.41) is 0. The van der Waals surface area contributed by atoms with E-state index in [1.165, 1.54) is 18.2 Å². The molecule has 3 rings (SSSR count). The Morgan fingerprint density at radius 3 is 2.59 bits per heavy atom. The van der Waals surface area contributed by atoms with Gasteiger partial charge in [-0.05, 0) is 48.7 Å². The molecule has 1 atom stereocenters. The van der Waals surface area contributed by atoms with Crippen LogP contribution in [0, 0.1) is 0 Å². The van der Waals surface area contributed by atoms with E-state index in [2.05, 4.69) is 4.74 Å². The average molecular weight is 377 g/mol. The Hall–Kier alpha value is -2.83. The van der Waals surface area contributed by atoms with Gasteiger partial charge in [0.1, 0.15) is 5.75 Å². The normalized spacial score (nSPS) is 16.5. The second-order valence-corrected chi connectivity index (χ2v) is 6.18. The second kappa shape index (κ2) is 8.24. The summed E-state index contributed by atoms with van der Waals surface area (Å²) >= 11 is 0. The lowest BCUT2D eigenvalue weighted by Crippen LogP contribution is -2.30. The fourth-order valence-electron chi connectivity index (χ4n) is 3.39. The third kappa shape index (κ3) is 4.13. The fourth-order valence-corrected chi connectivity index (χ4v) is 3.39. The minimum Gasteiger partial charge on any atom is -0.493 e. The van der Waals surface area contributed by atoms with Crippen molar-refractivity contribution in [3.05, 3.63) is 53.6 Å². The topological polar surface area (TPSA) is 48.0 Å². The summed E-state index contributed by atoms with van der Waals surface area (Å²) in [6, 6.07) is 11.4. The van der Waals surface area contributed by atoms with Crippen LogP contribution in [0.5, 0.6) is 17.2 Å². The number of hydrogen-bond acceptors (Lipinski definition) is 4. The molecule has 0 spiro atoms. The van der Waals surface area contributed by atoms with E-state index in [0.717, 1.165) is 18.4 Å². The van der Waals surface area contributed by atoms with Crippen molar-refractivity contribution < 1.29 is 27.8 Å². The number of likely N-dealkylation sites (tertiary alicyclic amines) is 1. The molecule has 0 radical (unpaired) electrons. The Bertz CT molecular complexity index is 812. The van der Waals surface area contributed by atoms with Crippen molar-refractivity contribution in [2.24, 2.45) is 0 Å². The lowest BCUT2D eigenvalue weighted by molar-refractivity contribution is -0.0499. The first-order valence-corrected chi connectivity index (χ1v) is 8.61. The minimum atomic E-state index is -2.93. The molecule has 2 aromatic rings. The molecule has 1 aliphatic rings. The van der Waals surface area contributed by atoms with Gasteiger partial charge in [0, 0.05) is 12.1 Å². The van der Waals surface area contributed by atoms with E-state index in [9.17, 15) is 13.6 Å². The van der Waals surface area contributed by atoms with Gasteiger partial charge >= 0.3 is 6.61 Å². The van der Waals surface area contributed by atoms with Gasteiger partial charge in [0.15, 0.2) is 11.5 Å². The van der Waals surface area contributed by atoms with Crippen LogP contribution in [-0.2, 0) is 0 Å². The Balaban J connectivity index is 1.85. The van der Waals surface area contributed by atoms with Gasteiger partial charge in [-0.2, -0.15) is 8.78 Å². The summed E-state index contributed by atoms with van der Waals surface area (Å²) in [6.45, 7) is -2.33. The molecule has 1 fully saturated rings. The quantitative estimate of drug-likeness (QED) is 0.754. The first-order valence-electron chi connectivity index (χ1n) is 8.61. The van der Waals surface area contributed by atoms with Crippen LogP contribution in [0.3, 0.4) is 0 Å². The van der Waals surface area contributed by atoms with E-state index < -0.39 is 6.61 Å². The molecule has 5 nitrogen and oxygen atoms in total. The van der Waals surface area contributed by atoms with E-state index >= 15 is 0 Å². The predicted molar refractivity (Wildman–Crippen MR) is 95.6 cm³/mol. The molecule has 0 aliphatic carbocycles. The van der Waals surface area contributed by atoms with Crippen molar-refractivity contribution in [2.45, 2.75) is 25.5 Å². The third-order valence-corrected chi connectivity index (χ3v) is 4.61. The monoisotopic (exact) mass is 377 g/mol. The van der Waals surface area contributed by atoms with Crippen LogP contribution in [0.4, 0.5) is 8.78 Å². The van der Waals surface area contributed by atoms with E-state index in [4.69, 9.17) is 9.47 Å². The smallest absolute Gasteiger partial charge is 0.387 e. The lowest BCUT2D eigenvalue weighted by atomic mass is 10.0. The molecule has 7 heteroatoms. The molecule has 0 bridgehead atoms. The van der Waals surface area contributed by atoms with Gasteiger partial charge in [0.05, 0.1) is 20.3 Å². The molecule has 144 valence electrons. The summed E-state index contributed by atoms with van der Waals surface area (Å²) in [5.74, 6) is 0.973. The molecular weight excluding hydrogens is 356 g/mol. The van der Waals surface area contributed by atoms with Crippen molar-refractivity contribution in [1.82, 2.24) is 4.90 Å². The van der Waals surface area contributed by atoms with Crippen molar-refractivity contribution in [3.63, 3.8) is 0 Å². The average Bonchev–Trinajstić information content (AvgIpc) is 3.16. The number of methoxy groups -OCH3 is 2.